The molecule has 1 saturated heterocycles. The van der Waals surface area contributed by atoms with Gasteiger partial charge in [-0.1, -0.05) is 30.2 Å². The van der Waals surface area contributed by atoms with Gasteiger partial charge in [0.2, 0.25) is 5.91 Å². The number of anilines is 1. The third-order valence-electron chi connectivity index (χ3n) is 3.50. The smallest absolute Gasteiger partial charge is 0.243 e. The minimum atomic E-state index is -0.0957. The van der Waals surface area contributed by atoms with E-state index in [2.05, 4.69) is 15.6 Å². The van der Waals surface area contributed by atoms with E-state index in [4.69, 9.17) is 11.6 Å². The summed E-state index contributed by atoms with van der Waals surface area (Å²) in [4.78, 5) is 16.6. The highest BCUT2D eigenvalue weighted by Crippen LogP contribution is 2.26. The standard InChI is InChI=1S/C15H16ClN3OS/c16-11-6-4-10(5-7-11)13-9-21-15(18-13)19-14(20)12-3-1-2-8-17-12/h4-7,9,12,17H,1-3,8H2,(H,18,19,20)/t12-/m0/s1. The summed E-state index contributed by atoms with van der Waals surface area (Å²) in [6.45, 7) is 0.909. The van der Waals surface area contributed by atoms with Gasteiger partial charge in [0.05, 0.1) is 11.7 Å². The summed E-state index contributed by atoms with van der Waals surface area (Å²) in [6, 6.07) is 7.42. The van der Waals surface area contributed by atoms with Crippen LogP contribution in [0, 0.1) is 0 Å². The lowest BCUT2D eigenvalue weighted by Crippen LogP contribution is -2.43. The summed E-state index contributed by atoms with van der Waals surface area (Å²) in [7, 11) is 0. The van der Waals surface area contributed by atoms with Crippen LogP contribution in [0.5, 0.6) is 0 Å². The van der Waals surface area contributed by atoms with Crippen molar-refractivity contribution in [1.82, 2.24) is 10.3 Å². The number of nitrogens with zero attached hydrogens (tertiary/aromatic N) is 1. The van der Waals surface area contributed by atoms with Crippen LogP contribution in [0.15, 0.2) is 29.6 Å². The summed E-state index contributed by atoms with van der Waals surface area (Å²) >= 11 is 7.31. The number of carbonyl (C=O) groups is 1. The zero-order valence-electron chi connectivity index (χ0n) is 11.4. The minimum Gasteiger partial charge on any atom is -0.306 e. The van der Waals surface area contributed by atoms with Crippen molar-refractivity contribution in [3.05, 3.63) is 34.7 Å². The van der Waals surface area contributed by atoms with Crippen LogP contribution >= 0.6 is 22.9 Å². The van der Waals surface area contributed by atoms with Gasteiger partial charge in [-0.05, 0) is 31.5 Å². The van der Waals surface area contributed by atoms with Crippen molar-refractivity contribution in [3.63, 3.8) is 0 Å². The first-order valence-electron chi connectivity index (χ1n) is 6.98. The number of halogens is 1. The van der Waals surface area contributed by atoms with Crippen LogP contribution in [0.2, 0.25) is 5.02 Å². The Morgan fingerprint density at radius 1 is 1.33 bits per heavy atom. The number of benzene rings is 1. The number of carbonyl (C=O) groups excluding carboxylic acids is 1. The highest BCUT2D eigenvalue weighted by Gasteiger charge is 2.21. The molecule has 4 nitrogen and oxygen atoms in total. The Morgan fingerprint density at radius 3 is 2.86 bits per heavy atom. The highest BCUT2D eigenvalue weighted by atomic mass is 35.5. The van der Waals surface area contributed by atoms with Gasteiger partial charge < -0.3 is 10.6 Å². The molecule has 0 unspecified atom stereocenters. The van der Waals surface area contributed by atoms with Crippen LogP contribution in [-0.4, -0.2) is 23.5 Å². The number of thiazole rings is 1. The summed E-state index contributed by atoms with van der Waals surface area (Å²) in [6.07, 6.45) is 3.13. The summed E-state index contributed by atoms with van der Waals surface area (Å²) in [5.74, 6) is 0.00621. The van der Waals surface area contributed by atoms with Crippen LogP contribution in [0.1, 0.15) is 19.3 Å². The summed E-state index contributed by atoms with van der Waals surface area (Å²) < 4.78 is 0. The predicted molar refractivity (Wildman–Crippen MR) is 86.8 cm³/mol. The normalized spacial score (nSPS) is 18.4. The third-order valence-corrected chi connectivity index (χ3v) is 4.51. The molecule has 1 atom stereocenters. The first-order valence-corrected chi connectivity index (χ1v) is 8.24. The van der Waals surface area contributed by atoms with Gasteiger partial charge in [-0.3, -0.25) is 4.79 Å². The molecular weight excluding hydrogens is 306 g/mol. The van der Waals surface area contributed by atoms with Gasteiger partial charge >= 0.3 is 0 Å². The zero-order chi connectivity index (χ0) is 14.7. The molecule has 2 heterocycles. The highest BCUT2D eigenvalue weighted by molar-refractivity contribution is 7.14. The Labute approximate surface area is 132 Å². The second kappa shape index (κ2) is 6.56. The van der Waals surface area contributed by atoms with Gasteiger partial charge in [-0.15, -0.1) is 11.3 Å². The number of nitrogens with one attached hydrogen (secondary N) is 2. The molecule has 1 aliphatic rings. The lowest BCUT2D eigenvalue weighted by Gasteiger charge is -2.21. The Kier molecular flexibility index (Phi) is 4.53. The molecule has 1 aromatic carbocycles. The van der Waals surface area contributed by atoms with E-state index in [1.807, 2.05) is 29.6 Å². The van der Waals surface area contributed by atoms with Crippen molar-refractivity contribution in [2.24, 2.45) is 0 Å². The van der Waals surface area contributed by atoms with Gasteiger partial charge in [0.1, 0.15) is 0 Å². The van der Waals surface area contributed by atoms with E-state index < -0.39 is 0 Å². The Bertz CT molecular complexity index is 620. The van der Waals surface area contributed by atoms with E-state index in [1.165, 1.54) is 11.3 Å². The molecule has 21 heavy (non-hydrogen) atoms. The molecule has 0 spiro atoms. The molecule has 6 heteroatoms. The van der Waals surface area contributed by atoms with Gasteiger partial charge in [-0.2, -0.15) is 0 Å². The molecule has 0 aliphatic carbocycles. The van der Waals surface area contributed by atoms with Crippen molar-refractivity contribution in [2.45, 2.75) is 25.3 Å². The number of hydrogen-bond donors (Lipinski definition) is 2. The lowest BCUT2D eigenvalue weighted by molar-refractivity contribution is -0.118. The molecule has 1 fully saturated rings. The number of aromatic nitrogens is 1. The number of hydrogen-bond acceptors (Lipinski definition) is 4. The average Bonchev–Trinajstić information content (AvgIpc) is 2.97. The minimum absolute atomic E-state index is 0.00621. The van der Waals surface area contributed by atoms with E-state index in [1.54, 1.807) is 0 Å². The molecule has 1 aliphatic heterocycles. The SMILES string of the molecule is O=C(Nc1nc(-c2ccc(Cl)cc2)cs1)[C@@H]1CCCCN1. The fourth-order valence-corrected chi connectivity index (χ4v) is 3.20. The lowest BCUT2D eigenvalue weighted by atomic mass is 10.0. The van der Waals surface area contributed by atoms with E-state index >= 15 is 0 Å². The van der Waals surface area contributed by atoms with E-state index in [-0.39, 0.29) is 11.9 Å². The van der Waals surface area contributed by atoms with Crippen molar-refractivity contribution < 1.29 is 4.79 Å². The number of rotatable bonds is 3. The first-order chi connectivity index (χ1) is 10.2. The summed E-state index contributed by atoms with van der Waals surface area (Å²) in [5.41, 5.74) is 1.84. The Hall–Kier alpha value is -1.43. The molecule has 2 aromatic rings. The zero-order valence-corrected chi connectivity index (χ0v) is 13.0. The van der Waals surface area contributed by atoms with Gasteiger partial charge in [0, 0.05) is 16.0 Å². The monoisotopic (exact) mass is 321 g/mol. The molecule has 0 bridgehead atoms. The maximum Gasteiger partial charge on any atom is 0.243 e. The molecule has 1 amide bonds. The fraction of sp³-hybridized carbons (Fsp3) is 0.333. The van der Waals surface area contributed by atoms with Crippen LogP contribution in [0.25, 0.3) is 11.3 Å². The van der Waals surface area contributed by atoms with Crippen LogP contribution in [-0.2, 0) is 4.79 Å². The van der Waals surface area contributed by atoms with Crippen molar-refractivity contribution in [1.29, 1.82) is 0 Å². The summed E-state index contributed by atoms with van der Waals surface area (Å²) in [5, 5.41) is 9.40. The van der Waals surface area contributed by atoms with Crippen LogP contribution in [0.3, 0.4) is 0 Å². The van der Waals surface area contributed by atoms with Crippen molar-refractivity contribution in [2.75, 3.05) is 11.9 Å². The second-order valence-corrected chi connectivity index (χ2v) is 6.33. The molecular formula is C15H16ClN3OS. The quantitative estimate of drug-likeness (QED) is 0.909. The topological polar surface area (TPSA) is 54.0 Å². The fourth-order valence-electron chi connectivity index (χ4n) is 2.35. The van der Waals surface area contributed by atoms with E-state index in [9.17, 15) is 4.79 Å². The van der Waals surface area contributed by atoms with E-state index in [0.29, 0.717) is 10.2 Å². The molecule has 2 N–H and O–H groups in total. The molecule has 0 radical (unpaired) electrons. The maximum absolute atomic E-state index is 12.1. The maximum atomic E-state index is 12.1. The first kappa shape index (κ1) is 14.5. The largest absolute Gasteiger partial charge is 0.306 e. The Balaban J connectivity index is 1.67. The van der Waals surface area contributed by atoms with Gasteiger partial charge in [-0.25, -0.2) is 4.98 Å². The van der Waals surface area contributed by atoms with Gasteiger partial charge in [0.25, 0.3) is 0 Å². The van der Waals surface area contributed by atoms with Gasteiger partial charge in [0.15, 0.2) is 5.13 Å². The van der Waals surface area contributed by atoms with Crippen molar-refractivity contribution in [3.8, 4) is 11.3 Å². The molecule has 1 aromatic heterocycles. The van der Waals surface area contributed by atoms with Crippen molar-refractivity contribution >= 4 is 34.0 Å². The number of piperidine rings is 1. The van der Waals surface area contributed by atoms with Crippen LogP contribution < -0.4 is 10.6 Å². The van der Waals surface area contributed by atoms with Crippen LogP contribution in [0.4, 0.5) is 5.13 Å². The molecule has 110 valence electrons. The number of amides is 1. The molecule has 3 rings (SSSR count). The Morgan fingerprint density at radius 2 is 2.14 bits per heavy atom. The van der Waals surface area contributed by atoms with E-state index in [0.717, 1.165) is 37.1 Å². The second-order valence-electron chi connectivity index (χ2n) is 5.04. The average molecular weight is 322 g/mol. The third kappa shape index (κ3) is 3.61. The predicted octanol–water partition coefficient (Wildman–Crippen LogP) is 3.54. The molecule has 0 saturated carbocycles.